The molecule has 1 aromatic carbocycles. The second kappa shape index (κ2) is 11.5. The Kier molecular flexibility index (Phi) is 8.15. The van der Waals surface area contributed by atoms with E-state index in [4.69, 9.17) is 4.74 Å². The third-order valence-electron chi connectivity index (χ3n) is 7.84. The highest BCUT2D eigenvalue weighted by atomic mass is 19.1. The monoisotopic (exact) mass is 566 g/mol. The number of piperidine rings is 2. The number of tetrazole rings is 1. The summed E-state index contributed by atoms with van der Waals surface area (Å²) in [5.41, 5.74) is 1.26. The van der Waals surface area contributed by atoms with Gasteiger partial charge in [0.1, 0.15) is 17.5 Å². The zero-order valence-electron chi connectivity index (χ0n) is 25.2. The topological polar surface area (TPSA) is 118 Å². The Morgan fingerprint density at radius 2 is 1.80 bits per heavy atom. The van der Waals surface area contributed by atoms with Crippen molar-refractivity contribution in [3.63, 3.8) is 0 Å². The fraction of sp³-hybridized carbons (Fsp3) is 0.621. The summed E-state index contributed by atoms with van der Waals surface area (Å²) in [4.78, 5) is 11.2. The van der Waals surface area contributed by atoms with Gasteiger partial charge in [0.2, 0.25) is 5.95 Å². The average molecular weight is 567 g/mol. The van der Waals surface area contributed by atoms with Crippen LogP contribution in [-0.2, 0) is 0 Å². The first kappa shape index (κ1) is 29.1. The summed E-state index contributed by atoms with van der Waals surface area (Å²) in [7, 11) is 0. The van der Waals surface area contributed by atoms with Crippen LogP contribution in [0.2, 0.25) is 0 Å². The van der Waals surface area contributed by atoms with Gasteiger partial charge in [0.25, 0.3) is 0 Å². The van der Waals surface area contributed by atoms with Crippen molar-refractivity contribution in [1.29, 1.82) is 0 Å². The molecule has 2 aliphatic rings. The van der Waals surface area contributed by atoms with Crippen molar-refractivity contribution in [3.05, 3.63) is 36.0 Å². The number of benzene rings is 1. The molecule has 5 rings (SSSR count). The third-order valence-corrected chi connectivity index (χ3v) is 7.84. The fourth-order valence-electron chi connectivity index (χ4n) is 6.28. The number of aromatic nitrogens is 6. The molecular formula is C29H43FN10O. The molecule has 12 heteroatoms. The van der Waals surface area contributed by atoms with Gasteiger partial charge in [-0.15, -0.1) is 5.10 Å². The number of rotatable bonds is 8. The van der Waals surface area contributed by atoms with Gasteiger partial charge in [0.15, 0.2) is 17.5 Å². The Morgan fingerprint density at radius 1 is 1.10 bits per heavy atom. The Bertz CT molecular complexity index is 1330. The Morgan fingerprint density at radius 3 is 2.44 bits per heavy atom. The maximum absolute atomic E-state index is 14.8. The summed E-state index contributed by atoms with van der Waals surface area (Å²) >= 11 is 0. The second-order valence-electron chi connectivity index (χ2n) is 12.9. The molecule has 3 N–H and O–H groups in total. The molecule has 3 aromatic rings. The fourth-order valence-corrected chi connectivity index (χ4v) is 6.28. The van der Waals surface area contributed by atoms with Gasteiger partial charge >= 0.3 is 0 Å². The van der Waals surface area contributed by atoms with Gasteiger partial charge in [0.05, 0.1) is 6.20 Å². The Hall–Kier alpha value is -3.38. The lowest BCUT2D eigenvalue weighted by molar-refractivity contribution is 0.0841. The van der Waals surface area contributed by atoms with Crippen LogP contribution in [0.1, 0.15) is 73.1 Å². The van der Waals surface area contributed by atoms with Crippen LogP contribution in [0.3, 0.4) is 0 Å². The van der Waals surface area contributed by atoms with Crippen LogP contribution in [0, 0.1) is 12.7 Å². The predicted molar refractivity (Wildman–Crippen MR) is 157 cm³/mol. The van der Waals surface area contributed by atoms with Gasteiger partial charge in [-0.05, 0) is 103 Å². The van der Waals surface area contributed by atoms with Crippen LogP contribution in [0.4, 0.5) is 21.8 Å². The normalized spacial score (nSPS) is 19.8. The number of hydrogen-bond donors (Lipinski definition) is 3. The Balaban J connectivity index is 1.35. The van der Waals surface area contributed by atoms with E-state index < -0.39 is 5.82 Å². The van der Waals surface area contributed by atoms with E-state index >= 15 is 0 Å². The molecule has 222 valence electrons. The minimum atomic E-state index is -0.484. The van der Waals surface area contributed by atoms with Crippen molar-refractivity contribution in [2.45, 2.75) is 103 Å². The molecule has 2 aliphatic heterocycles. The summed E-state index contributed by atoms with van der Waals surface area (Å²) in [5, 5.41) is 22.3. The number of halogens is 1. The standard InChI is InChI=1S/C29H43FN10O/c1-18(2)39-12-10-22(11-13-39)41-25-9-8-20(14-24(25)40-19(3)35-37-38-40)33-27-31-17-23(30)26(34-27)32-21-15-28(4,5)36-29(6,7)16-21/h8-9,14,17-18,21-22,36H,10-13,15-16H2,1-7H3,(H2,31,32,33,34). The van der Waals surface area contributed by atoms with Crippen molar-refractivity contribution < 1.29 is 9.13 Å². The van der Waals surface area contributed by atoms with Crippen LogP contribution in [0.15, 0.2) is 24.4 Å². The Labute approximate surface area is 241 Å². The first-order valence-electron chi connectivity index (χ1n) is 14.5. The molecule has 0 amide bonds. The number of ether oxygens (including phenoxy) is 1. The highest BCUT2D eigenvalue weighted by molar-refractivity contribution is 5.63. The molecule has 0 aliphatic carbocycles. The smallest absolute Gasteiger partial charge is 0.229 e. The minimum absolute atomic E-state index is 0.0664. The second-order valence-corrected chi connectivity index (χ2v) is 12.9. The number of hydrogen-bond acceptors (Lipinski definition) is 10. The number of nitrogens with zero attached hydrogens (tertiary/aromatic N) is 7. The van der Waals surface area contributed by atoms with Crippen molar-refractivity contribution in [1.82, 2.24) is 40.4 Å². The largest absolute Gasteiger partial charge is 0.488 e. The van der Waals surface area contributed by atoms with Crippen LogP contribution < -0.4 is 20.7 Å². The van der Waals surface area contributed by atoms with Gasteiger partial charge in [0, 0.05) is 41.9 Å². The first-order chi connectivity index (χ1) is 19.4. The molecule has 0 radical (unpaired) electrons. The van der Waals surface area contributed by atoms with Gasteiger partial charge < -0.3 is 25.6 Å². The number of nitrogens with one attached hydrogen (secondary N) is 3. The molecule has 2 fully saturated rings. The van der Waals surface area contributed by atoms with Crippen molar-refractivity contribution in [3.8, 4) is 11.4 Å². The first-order valence-corrected chi connectivity index (χ1v) is 14.5. The highest BCUT2D eigenvalue weighted by Gasteiger charge is 2.38. The molecule has 0 bridgehead atoms. The zero-order chi connectivity index (χ0) is 29.4. The molecule has 11 nitrogen and oxygen atoms in total. The van der Waals surface area contributed by atoms with Crippen molar-refractivity contribution in [2.75, 3.05) is 23.7 Å². The predicted octanol–water partition coefficient (Wildman–Crippen LogP) is 4.62. The summed E-state index contributed by atoms with van der Waals surface area (Å²) in [6.45, 7) is 17.0. The van der Waals surface area contributed by atoms with Crippen LogP contribution in [-0.4, -0.2) is 77.4 Å². The molecule has 4 heterocycles. The summed E-state index contributed by atoms with van der Waals surface area (Å²) < 4.78 is 23.0. The summed E-state index contributed by atoms with van der Waals surface area (Å²) in [6.07, 6.45) is 4.90. The molecule has 0 saturated carbocycles. The van der Waals surface area contributed by atoms with E-state index in [0.29, 0.717) is 29.0 Å². The third kappa shape index (κ3) is 7.10. The van der Waals surface area contributed by atoms with Crippen LogP contribution >= 0.6 is 0 Å². The molecule has 41 heavy (non-hydrogen) atoms. The van der Waals surface area contributed by atoms with E-state index in [1.807, 2.05) is 25.1 Å². The van der Waals surface area contributed by atoms with Crippen molar-refractivity contribution >= 4 is 17.5 Å². The average Bonchev–Trinajstić information content (AvgIpc) is 3.31. The molecule has 0 spiro atoms. The maximum atomic E-state index is 14.8. The minimum Gasteiger partial charge on any atom is -0.488 e. The van der Waals surface area contributed by atoms with Crippen LogP contribution in [0.5, 0.6) is 5.75 Å². The van der Waals surface area contributed by atoms with E-state index in [0.717, 1.165) is 38.8 Å². The van der Waals surface area contributed by atoms with E-state index in [2.05, 4.69) is 87.9 Å². The van der Waals surface area contributed by atoms with Crippen molar-refractivity contribution in [2.24, 2.45) is 0 Å². The van der Waals surface area contributed by atoms with E-state index in [9.17, 15) is 4.39 Å². The van der Waals surface area contributed by atoms with Crippen LogP contribution in [0.25, 0.3) is 5.69 Å². The molecule has 2 aromatic heterocycles. The molecule has 0 atom stereocenters. The van der Waals surface area contributed by atoms with Gasteiger partial charge in [-0.2, -0.15) is 9.67 Å². The number of likely N-dealkylation sites (tertiary alicyclic amines) is 1. The van der Waals surface area contributed by atoms with E-state index in [1.165, 1.54) is 6.20 Å². The molecule has 0 unspecified atom stereocenters. The molecular weight excluding hydrogens is 523 g/mol. The lowest BCUT2D eigenvalue weighted by Gasteiger charge is -2.46. The lowest BCUT2D eigenvalue weighted by Crippen LogP contribution is -2.60. The van der Waals surface area contributed by atoms with Gasteiger partial charge in [-0.3, -0.25) is 0 Å². The number of anilines is 3. The highest BCUT2D eigenvalue weighted by Crippen LogP contribution is 2.32. The zero-order valence-corrected chi connectivity index (χ0v) is 25.2. The summed E-state index contributed by atoms with van der Waals surface area (Å²) in [5.74, 6) is 1.33. The maximum Gasteiger partial charge on any atom is 0.229 e. The molecule has 2 saturated heterocycles. The van der Waals surface area contributed by atoms with Gasteiger partial charge in [-0.1, -0.05) is 0 Å². The SMILES string of the molecule is Cc1nnnn1-c1cc(Nc2ncc(F)c(NC3CC(C)(C)NC(C)(C)C3)n2)ccc1OC1CCN(C(C)C)CC1. The van der Waals surface area contributed by atoms with Gasteiger partial charge in [-0.25, -0.2) is 9.37 Å². The van der Waals surface area contributed by atoms with E-state index in [-0.39, 0.29) is 35.0 Å². The number of aryl methyl sites for hydroxylation is 1. The lowest BCUT2D eigenvalue weighted by atomic mass is 9.79. The summed E-state index contributed by atoms with van der Waals surface area (Å²) in [6, 6.07) is 6.31. The quantitative estimate of drug-likeness (QED) is 0.357. The van der Waals surface area contributed by atoms with E-state index in [1.54, 1.807) is 4.68 Å².